The summed E-state index contributed by atoms with van der Waals surface area (Å²) < 4.78 is 2.28. The van der Waals surface area contributed by atoms with E-state index in [0.717, 1.165) is 78.0 Å². The SMILES string of the molecule is CC(C)(C)c1ccc(-n2c(-c3cccc(-c4cc(C(C)(C)C)cc5cc(C(C)(C)C)cnc45)c3)nc3c(-c4cc(-c5ccccc5)cc(C(C)(C)C)c4O)cccc32)cc1. The van der Waals surface area contributed by atoms with E-state index in [-0.39, 0.29) is 27.4 Å². The number of hydrogen-bond donors (Lipinski definition) is 1. The summed E-state index contributed by atoms with van der Waals surface area (Å²) in [4.78, 5) is 10.7. The largest absolute Gasteiger partial charge is 0.507 e. The van der Waals surface area contributed by atoms with Crippen molar-refractivity contribution in [1.29, 1.82) is 0 Å². The van der Waals surface area contributed by atoms with Gasteiger partial charge in [0.15, 0.2) is 0 Å². The molecule has 4 heteroatoms. The highest BCUT2D eigenvalue weighted by atomic mass is 16.3. The van der Waals surface area contributed by atoms with Crippen molar-refractivity contribution in [2.75, 3.05) is 0 Å². The first-order valence-electron chi connectivity index (χ1n) is 21.3. The first kappa shape index (κ1) is 40.8. The van der Waals surface area contributed by atoms with E-state index < -0.39 is 0 Å². The standard InChI is InChI=1S/C56H59N3O/c1-53(2,3)40-24-26-43(27-25-40)59-48-23-17-22-44(46-31-38(35-18-14-13-15-19-35)32-47(51(46)60)56(10,11)12)50(48)58-52(59)37-21-16-20-36(28-37)45-33-41(54(4,5)6)29-39-30-42(55(7,8)9)34-57-49(39)45/h13-34,60H,1-12H3. The van der Waals surface area contributed by atoms with Crippen LogP contribution in [0.3, 0.4) is 0 Å². The van der Waals surface area contributed by atoms with Gasteiger partial charge in [0.25, 0.3) is 0 Å². The smallest absolute Gasteiger partial charge is 0.145 e. The number of aromatic nitrogens is 3. The van der Waals surface area contributed by atoms with E-state index in [0.29, 0.717) is 0 Å². The van der Waals surface area contributed by atoms with Crippen LogP contribution in [-0.2, 0) is 21.7 Å². The van der Waals surface area contributed by atoms with E-state index in [2.05, 4.69) is 209 Å². The summed E-state index contributed by atoms with van der Waals surface area (Å²) in [6, 6.07) is 45.6. The van der Waals surface area contributed by atoms with Crippen LogP contribution in [0.5, 0.6) is 5.75 Å². The van der Waals surface area contributed by atoms with E-state index in [4.69, 9.17) is 9.97 Å². The van der Waals surface area contributed by atoms with Gasteiger partial charge in [-0.1, -0.05) is 156 Å². The third-order valence-corrected chi connectivity index (χ3v) is 11.9. The van der Waals surface area contributed by atoms with Crippen molar-refractivity contribution in [2.24, 2.45) is 0 Å². The summed E-state index contributed by atoms with van der Waals surface area (Å²) in [5.41, 5.74) is 15.1. The number of phenols is 1. The van der Waals surface area contributed by atoms with Gasteiger partial charge < -0.3 is 5.11 Å². The molecule has 0 aliphatic heterocycles. The molecule has 8 rings (SSSR count). The molecule has 0 radical (unpaired) electrons. The van der Waals surface area contributed by atoms with E-state index in [1.165, 1.54) is 16.7 Å². The Morgan fingerprint density at radius 3 is 1.72 bits per heavy atom. The molecule has 2 heterocycles. The number of nitrogens with zero attached hydrogens (tertiary/aromatic N) is 3. The number of para-hydroxylation sites is 1. The number of aromatic hydroxyl groups is 1. The van der Waals surface area contributed by atoms with Gasteiger partial charge in [-0.2, -0.15) is 0 Å². The van der Waals surface area contributed by atoms with Crippen LogP contribution in [0.4, 0.5) is 0 Å². The molecule has 0 spiro atoms. The third kappa shape index (κ3) is 7.65. The number of pyridine rings is 1. The van der Waals surface area contributed by atoms with Gasteiger partial charge in [0, 0.05) is 45.1 Å². The highest BCUT2D eigenvalue weighted by molar-refractivity contribution is 5.99. The lowest BCUT2D eigenvalue weighted by Gasteiger charge is -2.24. The molecule has 0 aliphatic carbocycles. The van der Waals surface area contributed by atoms with Crippen molar-refractivity contribution in [3.05, 3.63) is 156 Å². The summed E-state index contributed by atoms with van der Waals surface area (Å²) in [5, 5.41) is 13.3. The molecule has 1 N–H and O–H groups in total. The average molecular weight is 790 g/mol. The molecular weight excluding hydrogens is 731 g/mol. The lowest BCUT2D eigenvalue weighted by atomic mass is 9.82. The normalized spacial score (nSPS) is 12.7. The Kier molecular flexibility index (Phi) is 9.93. The van der Waals surface area contributed by atoms with Crippen LogP contribution in [0, 0.1) is 0 Å². The first-order chi connectivity index (χ1) is 28.2. The van der Waals surface area contributed by atoms with Gasteiger partial charge >= 0.3 is 0 Å². The number of rotatable bonds is 5. The van der Waals surface area contributed by atoms with E-state index in [9.17, 15) is 5.11 Å². The van der Waals surface area contributed by atoms with Crippen LogP contribution >= 0.6 is 0 Å². The molecule has 8 aromatic rings. The minimum Gasteiger partial charge on any atom is -0.507 e. The second-order valence-electron chi connectivity index (χ2n) is 20.7. The molecular formula is C56H59N3O. The zero-order chi connectivity index (χ0) is 42.9. The monoisotopic (exact) mass is 789 g/mol. The molecule has 60 heavy (non-hydrogen) atoms. The summed E-state index contributed by atoms with van der Waals surface area (Å²) in [7, 11) is 0. The molecule has 4 nitrogen and oxygen atoms in total. The Morgan fingerprint density at radius 2 is 1.07 bits per heavy atom. The van der Waals surface area contributed by atoms with Crippen LogP contribution in [0.15, 0.2) is 134 Å². The van der Waals surface area contributed by atoms with E-state index in [1.807, 2.05) is 12.3 Å². The predicted octanol–water partition coefficient (Wildman–Crippen LogP) is 15.1. The first-order valence-corrected chi connectivity index (χ1v) is 21.3. The molecule has 0 atom stereocenters. The van der Waals surface area contributed by atoms with Gasteiger partial charge in [-0.25, -0.2) is 4.98 Å². The maximum atomic E-state index is 12.2. The van der Waals surface area contributed by atoms with Crippen LogP contribution in [0.1, 0.15) is 105 Å². The number of hydrogen-bond acceptors (Lipinski definition) is 3. The predicted molar refractivity (Wildman–Crippen MR) is 255 cm³/mol. The number of imidazole rings is 1. The fourth-order valence-corrected chi connectivity index (χ4v) is 8.23. The zero-order valence-electron chi connectivity index (χ0n) is 37.5. The minimum atomic E-state index is -0.297. The molecule has 0 unspecified atom stereocenters. The van der Waals surface area contributed by atoms with Gasteiger partial charge in [0.1, 0.15) is 11.6 Å². The molecule has 0 aliphatic rings. The highest BCUT2D eigenvalue weighted by Gasteiger charge is 2.26. The summed E-state index contributed by atoms with van der Waals surface area (Å²) in [6.07, 6.45) is 2.04. The summed E-state index contributed by atoms with van der Waals surface area (Å²) in [5.74, 6) is 1.12. The van der Waals surface area contributed by atoms with Gasteiger partial charge in [-0.15, -0.1) is 0 Å². The van der Waals surface area contributed by atoms with Crippen molar-refractivity contribution in [2.45, 2.75) is 105 Å². The van der Waals surface area contributed by atoms with Crippen molar-refractivity contribution in [1.82, 2.24) is 14.5 Å². The van der Waals surface area contributed by atoms with Crippen molar-refractivity contribution in [3.8, 4) is 56.2 Å². The van der Waals surface area contributed by atoms with Crippen LogP contribution in [0.25, 0.3) is 72.4 Å². The maximum Gasteiger partial charge on any atom is 0.145 e. The van der Waals surface area contributed by atoms with Gasteiger partial charge in [-0.05, 0) is 110 Å². The Morgan fingerprint density at radius 1 is 0.450 bits per heavy atom. The second-order valence-corrected chi connectivity index (χ2v) is 20.7. The molecule has 2 aromatic heterocycles. The minimum absolute atomic E-state index is 0.0119. The van der Waals surface area contributed by atoms with E-state index in [1.54, 1.807) is 0 Å². The van der Waals surface area contributed by atoms with Crippen LogP contribution in [0.2, 0.25) is 0 Å². The second kappa shape index (κ2) is 14.6. The molecule has 0 bridgehead atoms. The van der Waals surface area contributed by atoms with Crippen molar-refractivity contribution < 1.29 is 5.11 Å². The molecule has 0 saturated heterocycles. The third-order valence-electron chi connectivity index (χ3n) is 11.9. The van der Waals surface area contributed by atoms with Gasteiger partial charge in [0.2, 0.25) is 0 Å². The average Bonchev–Trinajstić information content (AvgIpc) is 3.59. The Bertz CT molecular complexity index is 2880. The molecule has 304 valence electrons. The molecule has 6 aromatic carbocycles. The Labute approximate surface area is 357 Å². The quantitative estimate of drug-likeness (QED) is 0.189. The van der Waals surface area contributed by atoms with E-state index >= 15 is 0 Å². The van der Waals surface area contributed by atoms with Crippen molar-refractivity contribution in [3.63, 3.8) is 0 Å². The Hall–Kier alpha value is -6.00. The van der Waals surface area contributed by atoms with Crippen LogP contribution in [-0.4, -0.2) is 19.6 Å². The maximum absolute atomic E-state index is 12.2. The van der Waals surface area contributed by atoms with Crippen LogP contribution < -0.4 is 0 Å². The van der Waals surface area contributed by atoms with Crippen molar-refractivity contribution >= 4 is 21.9 Å². The summed E-state index contributed by atoms with van der Waals surface area (Å²) in [6.45, 7) is 26.8. The topological polar surface area (TPSA) is 50.9 Å². The Balaban J connectivity index is 1.39. The fourth-order valence-electron chi connectivity index (χ4n) is 8.23. The zero-order valence-corrected chi connectivity index (χ0v) is 37.5. The fraction of sp³-hybridized carbons (Fsp3) is 0.286. The van der Waals surface area contributed by atoms with Gasteiger partial charge in [-0.3, -0.25) is 9.55 Å². The molecule has 0 amide bonds. The number of benzene rings is 6. The summed E-state index contributed by atoms with van der Waals surface area (Å²) >= 11 is 0. The molecule has 0 saturated carbocycles. The lowest BCUT2D eigenvalue weighted by molar-refractivity contribution is 0.449. The highest BCUT2D eigenvalue weighted by Crippen LogP contribution is 2.45. The number of fused-ring (bicyclic) bond motifs is 2. The molecule has 0 fully saturated rings. The van der Waals surface area contributed by atoms with Gasteiger partial charge in [0.05, 0.1) is 16.6 Å². The lowest BCUT2D eigenvalue weighted by Crippen LogP contribution is -2.13. The number of phenolic OH excluding ortho intramolecular Hbond substituents is 1.